The number of likely N-dealkylation sites (N-methyl/N-ethyl adjacent to an activating group) is 1. The first kappa shape index (κ1) is 23.1. The maximum Gasteiger partial charge on any atom is 0.238 e. The Morgan fingerprint density at radius 2 is 1.55 bits per heavy atom. The second kappa shape index (κ2) is 10.6. The molecule has 2 amide bonds. The Balaban J connectivity index is 1.91. The fraction of sp³-hybridized carbons (Fsp3) is 0.333. The van der Waals surface area contributed by atoms with Gasteiger partial charge in [0.05, 0.1) is 34.9 Å². The van der Waals surface area contributed by atoms with E-state index in [0.717, 1.165) is 5.56 Å². The van der Waals surface area contributed by atoms with Crippen LogP contribution in [-0.4, -0.2) is 36.9 Å². The molecule has 0 saturated carbocycles. The molecule has 2 aromatic rings. The van der Waals surface area contributed by atoms with Gasteiger partial charge >= 0.3 is 0 Å². The Bertz CT molecular complexity index is 839. The van der Waals surface area contributed by atoms with Crippen LogP contribution >= 0.6 is 23.2 Å². The van der Waals surface area contributed by atoms with E-state index in [1.807, 2.05) is 13.8 Å². The van der Waals surface area contributed by atoms with Crippen LogP contribution in [0.4, 0.5) is 10.1 Å². The summed E-state index contributed by atoms with van der Waals surface area (Å²) in [6.45, 7) is 3.95. The number of carbonyl (C=O) groups is 2. The molecule has 0 bridgehead atoms. The smallest absolute Gasteiger partial charge is 0.238 e. The largest absolute Gasteiger partial charge is 0.348 e. The third-order valence-corrected chi connectivity index (χ3v) is 4.90. The van der Waals surface area contributed by atoms with Crippen LogP contribution in [0.25, 0.3) is 0 Å². The maximum absolute atomic E-state index is 13.2. The zero-order valence-electron chi connectivity index (χ0n) is 16.5. The summed E-state index contributed by atoms with van der Waals surface area (Å²) >= 11 is 12.1. The summed E-state index contributed by atoms with van der Waals surface area (Å²) in [4.78, 5) is 26.3. The molecule has 0 aliphatic rings. The molecule has 0 aliphatic carbocycles. The zero-order valence-corrected chi connectivity index (χ0v) is 18.0. The molecule has 2 N–H and O–H groups in total. The van der Waals surface area contributed by atoms with E-state index in [4.69, 9.17) is 23.2 Å². The molecule has 2 aromatic carbocycles. The molecule has 1 atom stereocenters. The van der Waals surface area contributed by atoms with Gasteiger partial charge in [-0.1, -0.05) is 55.2 Å². The minimum atomic E-state index is -0.339. The average Bonchev–Trinajstić information content (AvgIpc) is 2.63. The first-order valence-corrected chi connectivity index (χ1v) is 9.90. The molecule has 0 radical (unpaired) electrons. The number of amides is 2. The number of carbonyl (C=O) groups excluding carboxylic acids is 2. The molecule has 0 spiro atoms. The monoisotopic (exact) mass is 439 g/mol. The van der Waals surface area contributed by atoms with E-state index in [1.165, 1.54) is 12.1 Å². The standard InChI is InChI=1S/C21H24Cl2FN3O2/c1-13(2)20(14-7-9-15(24)10-8-14)25-18(28)11-27(3)12-19(29)26-21-16(22)5-4-6-17(21)23/h4-10,13,20H,11-12H2,1-3H3,(H,25,28)(H,26,29). The number of para-hydroxylation sites is 1. The van der Waals surface area contributed by atoms with Crippen molar-refractivity contribution in [3.8, 4) is 0 Å². The van der Waals surface area contributed by atoms with Crippen molar-refractivity contribution in [3.05, 3.63) is 63.9 Å². The predicted molar refractivity (Wildman–Crippen MR) is 115 cm³/mol. The van der Waals surface area contributed by atoms with Crippen molar-refractivity contribution in [2.24, 2.45) is 5.92 Å². The van der Waals surface area contributed by atoms with Crippen LogP contribution in [-0.2, 0) is 9.59 Å². The van der Waals surface area contributed by atoms with Gasteiger partial charge in [0.25, 0.3) is 0 Å². The molecule has 156 valence electrons. The highest BCUT2D eigenvalue weighted by molar-refractivity contribution is 6.39. The second-order valence-electron chi connectivity index (χ2n) is 7.16. The molecule has 0 saturated heterocycles. The van der Waals surface area contributed by atoms with Crippen LogP contribution in [0.2, 0.25) is 10.0 Å². The third kappa shape index (κ3) is 6.99. The number of rotatable bonds is 8. The number of hydrogen-bond acceptors (Lipinski definition) is 3. The van der Waals surface area contributed by atoms with Crippen molar-refractivity contribution < 1.29 is 14.0 Å². The van der Waals surface area contributed by atoms with Gasteiger partial charge in [-0.05, 0) is 42.8 Å². The molecular formula is C21H24Cl2FN3O2. The Labute approximate surface area is 180 Å². The van der Waals surface area contributed by atoms with Gasteiger partial charge in [0, 0.05) is 0 Å². The van der Waals surface area contributed by atoms with Crippen molar-refractivity contribution in [1.82, 2.24) is 10.2 Å². The fourth-order valence-corrected chi connectivity index (χ4v) is 3.36. The van der Waals surface area contributed by atoms with E-state index in [2.05, 4.69) is 10.6 Å². The summed E-state index contributed by atoms with van der Waals surface area (Å²) in [5.41, 5.74) is 1.17. The number of benzene rings is 2. The Morgan fingerprint density at radius 3 is 2.10 bits per heavy atom. The highest BCUT2D eigenvalue weighted by Crippen LogP contribution is 2.29. The van der Waals surface area contributed by atoms with E-state index < -0.39 is 0 Å². The van der Waals surface area contributed by atoms with Gasteiger partial charge in [0.2, 0.25) is 11.8 Å². The maximum atomic E-state index is 13.2. The first-order valence-electron chi connectivity index (χ1n) is 9.14. The Morgan fingerprint density at radius 1 is 1.00 bits per heavy atom. The summed E-state index contributed by atoms with van der Waals surface area (Å²) in [6, 6.07) is 10.7. The third-order valence-electron chi connectivity index (χ3n) is 4.27. The van der Waals surface area contributed by atoms with Crippen molar-refractivity contribution in [2.75, 3.05) is 25.5 Å². The summed E-state index contributed by atoms with van der Waals surface area (Å²) < 4.78 is 13.2. The Kier molecular flexibility index (Phi) is 8.44. The molecule has 0 aliphatic heterocycles. The van der Waals surface area contributed by atoms with Crippen LogP contribution in [0.3, 0.4) is 0 Å². The molecule has 1 unspecified atom stereocenters. The first-order chi connectivity index (χ1) is 13.7. The summed E-state index contributed by atoms with van der Waals surface area (Å²) in [6.07, 6.45) is 0. The normalized spacial score (nSPS) is 12.1. The summed E-state index contributed by atoms with van der Waals surface area (Å²) in [7, 11) is 1.66. The molecule has 29 heavy (non-hydrogen) atoms. The van der Waals surface area contributed by atoms with Gasteiger partial charge in [-0.2, -0.15) is 0 Å². The topological polar surface area (TPSA) is 61.4 Å². The van der Waals surface area contributed by atoms with E-state index >= 15 is 0 Å². The number of halogens is 3. The number of hydrogen-bond donors (Lipinski definition) is 2. The minimum absolute atomic E-state index is 0.0160. The molecular weight excluding hydrogens is 416 g/mol. The molecule has 0 aromatic heterocycles. The molecule has 0 heterocycles. The lowest BCUT2D eigenvalue weighted by atomic mass is 9.96. The predicted octanol–water partition coefficient (Wildman–Crippen LogP) is 4.52. The quantitative estimate of drug-likeness (QED) is 0.635. The van der Waals surface area contributed by atoms with Crippen LogP contribution in [0.1, 0.15) is 25.5 Å². The van der Waals surface area contributed by atoms with Crippen molar-refractivity contribution >= 4 is 40.7 Å². The molecule has 0 fully saturated rings. The fourth-order valence-electron chi connectivity index (χ4n) is 2.87. The summed E-state index contributed by atoms with van der Waals surface area (Å²) in [5.74, 6) is -0.791. The lowest BCUT2D eigenvalue weighted by molar-refractivity contribution is -0.123. The van der Waals surface area contributed by atoms with E-state index in [1.54, 1.807) is 42.3 Å². The second-order valence-corrected chi connectivity index (χ2v) is 7.97. The van der Waals surface area contributed by atoms with Gasteiger partial charge < -0.3 is 10.6 Å². The zero-order chi connectivity index (χ0) is 21.6. The van der Waals surface area contributed by atoms with Gasteiger partial charge in [0.1, 0.15) is 5.82 Å². The van der Waals surface area contributed by atoms with E-state index in [9.17, 15) is 14.0 Å². The number of nitrogens with one attached hydrogen (secondary N) is 2. The average molecular weight is 440 g/mol. The van der Waals surface area contributed by atoms with Gasteiger partial charge in [-0.25, -0.2) is 4.39 Å². The minimum Gasteiger partial charge on any atom is -0.348 e. The number of nitrogens with zero attached hydrogens (tertiary/aromatic N) is 1. The van der Waals surface area contributed by atoms with Crippen molar-refractivity contribution in [3.63, 3.8) is 0 Å². The lowest BCUT2D eigenvalue weighted by Gasteiger charge is -2.24. The Hall–Kier alpha value is -2.15. The highest BCUT2D eigenvalue weighted by Gasteiger charge is 2.20. The van der Waals surface area contributed by atoms with Crippen molar-refractivity contribution in [1.29, 1.82) is 0 Å². The van der Waals surface area contributed by atoms with Gasteiger partial charge in [0.15, 0.2) is 0 Å². The van der Waals surface area contributed by atoms with E-state index in [0.29, 0.717) is 15.7 Å². The highest BCUT2D eigenvalue weighted by atomic mass is 35.5. The SMILES string of the molecule is CC(C)C(NC(=O)CN(C)CC(=O)Nc1c(Cl)cccc1Cl)c1ccc(F)cc1. The molecule has 2 rings (SSSR count). The van der Waals surface area contributed by atoms with Crippen LogP contribution < -0.4 is 10.6 Å². The van der Waals surface area contributed by atoms with Crippen LogP contribution in [0.15, 0.2) is 42.5 Å². The van der Waals surface area contributed by atoms with Gasteiger partial charge in [-0.15, -0.1) is 0 Å². The summed E-state index contributed by atoms with van der Waals surface area (Å²) in [5, 5.41) is 6.28. The lowest BCUT2D eigenvalue weighted by Crippen LogP contribution is -2.41. The van der Waals surface area contributed by atoms with Crippen LogP contribution in [0, 0.1) is 11.7 Å². The van der Waals surface area contributed by atoms with Crippen molar-refractivity contribution in [2.45, 2.75) is 19.9 Å². The molecule has 8 heteroatoms. The van der Waals surface area contributed by atoms with Crippen LogP contribution in [0.5, 0.6) is 0 Å². The molecule has 5 nitrogen and oxygen atoms in total. The van der Waals surface area contributed by atoms with E-state index in [-0.39, 0.29) is 42.7 Å². The number of anilines is 1. The van der Waals surface area contributed by atoms with Gasteiger partial charge in [-0.3, -0.25) is 14.5 Å².